The SMILES string of the molecule is CCCCN(C)CCNCCc1ccsc1. The molecule has 0 bridgehead atoms. The van der Waals surface area contributed by atoms with Crippen molar-refractivity contribution in [2.24, 2.45) is 0 Å². The number of hydrogen-bond acceptors (Lipinski definition) is 3. The average molecular weight is 240 g/mol. The van der Waals surface area contributed by atoms with E-state index in [1.54, 1.807) is 11.3 Å². The first kappa shape index (κ1) is 13.7. The van der Waals surface area contributed by atoms with Gasteiger partial charge in [-0.15, -0.1) is 0 Å². The molecule has 1 heterocycles. The lowest BCUT2D eigenvalue weighted by atomic mass is 10.2. The normalized spacial score (nSPS) is 11.2. The zero-order valence-electron chi connectivity index (χ0n) is 10.5. The number of likely N-dealkylation sites (N-methyl/N-ethyl adjacent to an activating group) is 1. The molecule has 1 aromatic heterocycles. The van der Waals surface area contributed by atoms with E-state index in [0.717, 1.165) is 26.1 Å². The zero-order valence-corrected chi connectivity index (χ0v) is 11.4. The van der Waals surface area contributed by atoms with Crippen molar-refractivity contribution < 1.29 is 0 Å². The molecule has 0 aromatic carbocycles. The van der Waals surface area contributed by atoms with Crippen molar-refractivity contribution in [2.75, 3.05) is 33.2 Å². The van der Waals surface area contributed by atoms with Crippen LogP contribution in [0.4, 0.5) is 0 Å². The van der Waals surface area contributed by atoms with Crippen LogP contribution in [0.15, 0.2) is 16.8 Å². The molecule has 1 rings (SSSR count). The van der Waals surface area contributed by atoms with E-state index >= 15 is 0 Å². The fourth-order valence-corrected chi connectivity index (χ4v) is 2.31. The van der Waals surface area contributed by atoms with E-state index < -0.39 is 0 Å². The van der Waals surface area contributed by atoms with Gasteiger partial charge in [0.15, 0.2) is 0 Å². The van der Waals surface area contributed by atoms with E-state index in [1.807, 2.05) is 0 Å². The van der Waals surface area contributed by atoms with Crippen molar-refractivity contribution in [1.82, 2.24) is 10.2 Å². The smallest absolute Gasteiger partial charge is 0.0104 e. The summed E-state index contributed by atoms with van der Waals surface area (Å²) in [6, 6.07) is 2.21. The largest absolute Gasteiger partial charge is 0.315 e. The molecule has 3 heteroatoms. The lowest BCUT2D eigenvalue weighted by Gasteiger charge is -2.16. The van der Waals surface area contributed by atoms with Crippen LogP contribution < -0.4 is 5.32 Å². The Morgan fingerprint density at radius 2 is 2.19 bits per heavy atom. The van der Waals surface area contributed by atoms with Gasteiger partial charge >= 0.3 is 0 Å². The molecular formula is C13H24N2S. The maximum absolute atomic E-state index is 3.49. The van der Waals surface area contributed by atoms with Crippen LogP contribution in [-0.4, -0.2) is 38.1 Å². The quantitative estimate of drug-likeness (QED) is 0.668. The summed E-state index contributed by atoms with van der Waals surface area (Å²) >= 11 is 1.78. The van der Waals surface area contributed by atoms with E-state index in [1.165, 1.54) is 24.9 Å². The average Bonchev–Trinajstić information content (AvgIpc) is 2.79. The van der Waals surface area contributed by atoms with E-state index in [2.05, 4.69) is 41.0 Å². The Kier molecular flexibility index (Phi) is 7.47. The van der Waals surface area contributed by atoms with Crippen molar-refractivity contribution in [3.63, 3.8) is 0 Å². The van der Waals surface area contributed by atoms with Gasteiger partial charge in [0, 0.05) is 13.1 Å². The van der Waals surface area contributed by atoms with Crippen LogP contribution in [0.2, 0.25) is 0 Å². The minimum atomic E-state index is 1.10. The highest BCUT2D eigenvalue weighted by Gasteiger charge is 1.97. The Morgan fingerprint density at radius 1 is 1.31 bits per heavy atom. The third-order valence-electron chi connectivity index (χ3n) is 2.73. The summed E-state index contributed by atoms with van der Waals surface area (Å²) < 4.78 is 0. The fourth-order valence-electron chi connectivity index (χ4n) is 1.60. The van der Waals surface area contributed by atoms with Crippen molar-refractivity contribution in [2.45, 2.75) is 26.2 Å². The molecule has 0 aliphatic carbocycles. The van der Waals surface area contributed by atoms with Gasteiger partial charge < -0.3 is 10.2 Å². The predicted octanol–water partition coefficient (Wildman–Crippen LogP) is 2.61. The molecule has 0 atom stereocenters. The van der Waals surface area contributed by atoms with Gasteiger partial charge in [-0.25, -0.2) is 0 Å². The van der Waals surface area contributed by atoms with E-state index in [9.17, 15) is 0 Å². The first-order valence-corrected chi connectivity index (χ1v) is 7.17. The van der Waals surface area contributed by atoms with Crippen LogP contribution in [0.5, 0.6) is 0 Å². The summed E-state index contributed by atoms with van der Waals surface area (Å²) in [6.45, 7) is 6.82. The summed E-state index contributed by atoms with van der Waals surface area (Å²) in [7, 11) is 2.20. The molecule has 0 radical (unpaired) electrons. The number of rotatable bonds is 9. The second kappa shape index (κ2) is 8.74. The number of thiophene rings is 1. The standard InChI is InChI=1S/C13H24N2S/c1-3-4-9-15(2)10-8-14-7-5-13-6-11-16-12-13/h6,11-12,14H,3-5,7-10H2,1-2H3. The highest BCUT2D eigenvalue weighted by atomic mass is 32.1. The zero-order chi connectivity index (χ0) is 11.6. The molecule has 1 N–H and O–H groups in total. The van der Waals surface area contributed by atoms with Crippen molar-refractivity contribution in [3.8, 4) is 0 Å². The Hall–Kier alpha value is -0.380. The summed E-state index contributed by atoms with van der Waals surface area (Å²) in [5, 5.41) is 7.87. The van der Waals surface area contributed by atoms with Gasteiger partial charge in [-0.05, 0) is 55.4 Å². The maximum Gasteiger partial charge on any atom is 0.0104 e. The molecule has 2 nitrogen and oxygen atoms in total. The molecule has 0 spiro atoms. The molecule has 0 aliphatic heterocycles. The van der Waals surface area contributed by atoms with Gasteiger partial charge in [0.2, 0.25) is 0 Å². The summed E-state index contributed by atoms with van der Waals surface area (Å²) in [4.78, 5) is 2.40. The number of unbranched alkanes of at least 4 members (excludes halogenated alkanes) is 1. The van der Waals surface area contributed by atoms with E-state index in [-0.39, 0.29) is 0 Å². The number of nitrogens with one attached hydrogen (secondary N) is 1. The molecule has 92 valence electrons. The first-order valence-electron chi connectivity index (χ1n) is 6.23. The molecule has 0 unspecified atom stereocenters. The number of nitrogens with zero attached hydrogens (tertiary/aromatic N) is 1. The lowest BCUT2D eigenvalue weighted by Crippen LogP contribution is -2.30. The minimum Gasteiger partial charge on any atom is -0.315 e. The molecular weight excluding hydrogens is 216 g/mol. The first-order chi connectivity index (χ1) is 7.83. The van der Waals surface area contributed by atoms with Crippen LogP contribution in [0.1, 0.15) is 25.3 Å². The highest BCUT2D eigenvalue weighted by Crippen LogP contribution is 2.05. The van der Waals surface area contributed by atoms with Gasteiger partial charge in [-0.3, -0.25) is 0 Å². The Bertz CT molecular complexity index is 246. The Balaban J connectivity index is 1.91. The third-order valence-corrected chi connectivity index (χ3v) is 3.47. The molecule has 16 heavy (non-hydrogen) atoms. The van der Waals surface area contributed by atoms with Crippen molar-refractivity contribution in [3.05, 3.63) is 22.4 Å². The van der Waals surface area contributed by atoms with Gasteiger partial charge in [0.05, 0.1) is 0 Å². The molecule has 0 fully saturated rings. The minimum absolute atomic E-state index is 1.10. The van der Waals surface area contributed by atoms with Gasteiger partial charge in [0.25, 0.3) is 0 Å². The van der Waals surface area contributed by atoms with Crippen molar-refractivity contribution in [1.29, 1.82) is 0 Å². The second-order valence-corrected chi connectivity index (χ2v) is 5.07. The van der Waals surface area contributed by atoms with E-state index in [0.29, 0.717) is 0 Å². The van der Waals surface area contributed by atoms with Gasteiger partial charge in [0.1, 0.15) is 0 Å². The van der Waals surface area contributed by atoms with Crippen LogP contribution in [-0.2, 0) is 6.42 Å². The lowest BCUT2D eigenvalue weighted by molar-refractivity contribution is 0.326. The predicted molar refractivity (Wildman–Crippen MR) is 73.3 cm³/mol. The monoisotopic (exact) mass is 240 g/mol. The second-order valence-electron chi connectivity index (χ2n) is 4.29. The molecule has 0 saturated heterocycles. The summed E-state index contributed by atoms with van der Waals surface area (Å²) in [5.41, 5.74) is 1.46. The van der Waals surface area contributed by atoms with Gasteiger partial charge in [-0.1, -0.05) is 13.3 Å². The number of hydrogen-bond donors (Lipinski definition) is 1. The molecule has 0 saturated carbocycles. The Labute approximate surface area is 104 Å². The van der Waals surface area contributed by atoms with E-state index in [4.69, 9.17) is 0 Å². The van der Waals surface area contributed by atoms with Crippen molar-refractivity contribution >= 4 is 11.3 Å². The third kappa shape index (κ3) is 6.26. The van der Waals surface area contributed by atoms with Crippen LogP contribution in [0.3, 0.4) is 0 Å². The molecule has 0 amide bonds. The van der Waals surface area contributed by atoms with Crippen LogP contribution >= 0.6 is 11.3 Å². The maximum atomic E-state index is 3.49. The Morgan fingerprint density at radius 3 is 2.88 bits per heavy atom. The topological polar surface area (TPSA) is 15.3 Å². The molecule has 0 aliphatic rings. The van der Waals surface area contributed by atoms with Crippen LogP contribution in [0, 0.1) is 0 Å². The molecule has 1 aromatic rings. The van der Waals surface area contributed by atoms with Crippen LogP contribution in [0.25, 0.3) is 0 Å². The highest BCUT2D eigenvalue weighted by molar-refractivity contribution is 7.07. The van der Waals surface area contributed by atoms with Gasteiger partial charge in [-0.2, -0.15) is 11.3 Å². The summed E-state index contributed by atoms with van der Waals surface area (Å²) in [5.74, 6) is 0. The summed E-state index contributed by atoms with van der Waals surface area (Å²) in [6.07, 6.45) is 3.75. The fraction of sp³-hybridized carbons (Fsp3) is 0.692.